The van der Waals surface area contributed by atoms with E-state index in [-0.39, 0.29) is 0 Å². The summed E-state index contributed by atoms with van der Waals surface area (Å²) in [7, 11) is 0. The van der Waals surface area contributed by atoms with Crippen LogP contribution >= 0.6 is 11.8 Å². The Morgan fingerprint density at radius 1 is 1.44 bits per heavy atom. The van der Waals surface area contributed by atoms with Crippen molar-refractivity contribution in [3.05, 3.63) is 55.1 Å². The highest BCUT2D eigenvalue weighted by molar-refractivity contribution is 8.00. The Labute approximate surface area is 115 Å². The number of thioether (sulfide) groups is 1. The van der Waals surface area contributed by atoms with Crippen molar-refractivity contribution in [2.75, 3.05) is 0 Å². The van der Waals surface area contributed by atoms with Gasteiger partial charge in [0.05, 0.1) is 5.60 Å². The van der Waals surface area contributed by atoms with Crippen LogP contribution in [0.5, 0.6) is 0 Å². The summed E-state index contributed by atoms with van der Waals surface area (Å²) in [6.45, 7) is 11.5. The number of benzene rings is 1. The van der Waals surface area contributed by atoms with Crippen molar-refractivity contribution in [2.24, 2.45) is 0 Å². The number of hydrogen-bond donors (Lipinski definition) is 1. The van der Waals surface area contributed by atoms with Gasteiger partial charge in [-0.2, -0.15) is 0 Å². The molecule has 0 saturated heterocycles. The molecule has 0 saturated carbocycles. The minimum Gasteiger partial charge on any atom is -0.386 e. The largest absolute Gasteiger partial charge is 0.386 e. The molecule has 0 aliphatic rings. The first kappa shape index (κ1) is 15.1. The van der Waals surface area contributed by atoms with E-state index in [2.05, 4.69) is 25.3 Å². The van der Waals surface area contributed by atoms with E-state index >= 15 is 0 Å². The van der Waals surface area contributed by atoms with E-state index in [1.807, 2.05) is 25.1 Å². The lowest BCUT2D eigenvalue weighted by atomic mass is 9.98. The molecule has 1 aromatic carbocycles. The summed E-state index contributed by atoms with van der Waals surface area (Å²) in [5.41, 5.74) is 0.356. The van der Waals surface area contributed by atoms with Gasteiger partial charge < -0.3 is 5.11 Å². The average molecular weight is 262 g/mol. The highest BCUT2D eigenvalue weighted by Gasteiger charge is 2.19. The first-order valence-corrected chi connectivity index (χ1v) is 7.05. The molecule has 0 radical (unpaired) electrons. The number of rotatable bonds is 7. The van der Waals surface area contributed by atoms with Crippen molar-refractivity contribution < 1.29 is 5.11 Å². The normalized spacial score (nSPS) is 15.7. The van der Waals surface area contributed by atoms with Crippen molar-refractivity contribution in [1.29, 1.82) is 0 Å². The Balaban J connectivity index is 2.61. The zero-order valence-electron chi connectivity index (χ0n) is 11.2. The van der Waals surface area contributed by atoms with Crippen LogP contribution in [-0.2, 0) is 0 Å². The molecule has 2 heteroatoms. The maximum atomic E-state index is 9.96. The molecular formula is C16H22OS. The van der Waals surface area contributed by atoms with Gasteiger partial charge in [0.2, 0.25) is 0 Å². The van der Waals surface area contributed by atoms with Crippen LogP contribution in [-0.4, -0.2) is 16.0 Å². The van der Waals surface area contributed by atoms with Crippen molar-refractivity contribution in [3.63, 3.8) is 0 Å². The molecule has 2 atom stereocenters. The topological polar surface area (TPSA) is 20.2 Å². The van der Waals surface area contributed by atoms with Gasteiger partial charge >= 0.3 is 0 Å². The molecule has 0 bridgehead atoms. The summed E-state index contributed by atoms with van der Waals surface area (Å²) >= 11 is 1.80. The summed E-state index contributed by atoms with van der Waals surface area (Å²) in [6, 6.07) is 10.3. The molecular weight excluding hydrogens is 240 g/mol. The number of aliphatic hydroxyl groups is 1. The van der Waals surface area contributed by atoms with Crippen LogP contribution in [0.15, 0.2) is 60.0 Å². The second-order valence-electron chi connectivity index (χ2n) is 4.87. The highest BCUT2D eigenvalue weighted by atomic mass is 32.2. The van der Waals surface area contributed by atoms with E-state index in [9.17, 15) is 5.11 Å². The smallest absolute Gasteiger partial charge is 0.0797 e. The molecule has 0 aliphatic carbocycles. The van der Waals surface area contributed by atoms with Gasteiger partial charge in [-0.25, -0.2) is 0 Å². The first-order valence-electron chi connectivity index (χ1n) is 6.18. The molecule has 0 spiro atoms. The monoisotopic (exact) mass is 262 g/mol. The molecule has 2 unspecified atom stereocenters. The summed E-state index contributed by atoms with van der Waals surface area (Å²) in [5.74, 6) is 0. The van der Waals surface area contributed by atoms with Gasteiger partial charge in [-0.1, -0.05) is 36.4 Å². The predicted octanol–water partition coefficient (Wildman–Crippen LogP) is 4.44. The third kappa shape index (κ3) is 5.11. The summed E-state index contributed by atoms with van der Waals surface area (Å²) < 4.78 is 0. The maximum Gasteiger partial charge on any atom is 0.0797 e. The third-order valence-electron chi connectivity index (χ3n) is 2.92. The fourth-order valence-corrected chi connectivity index (χ4v) is 2.67. The van der Waals surface area contributed by atoms with Gasteiger partial charge in [-0.3, -0.25) is 0 Å². The average Bonchev–Trinajstić information content (AvgIpc) is 2.35. The van der Waals surface area contributed by atoms with Gasteiger partial charge in [-0.15, -0.1) is 18.3 Å². The SMILES string of the molecule is C=CC(C)(O)CCC(Sc1ccccc1)C(=C)C. The van der Waals surface area contributed by atoms with Gasteiger partial charge in [0, 0.05) is 10.1 Å². The van der Waals surface area contributed by atoms with Gasteiger partial charge in [-0.05, 0) is 38.8 Å². The molecule has 1 rings (SSSR count). The molecule has 18 heavy (non-hydrogen) atoms. The summed E-state index contributed by atoms with van der Waals surface area (Å²) in [4.78, 5) is 1.24. The van der Waals surface area contributed by atoms with Crippen LogP contribution in [0.25, 0.3) is 0 Å². The quantitative estimate of drug-likeness (QED) is 0.579. The lowest BCUT2D eigenvalue weighted by Crippen LogP contribution is -2.22. The van der Waals surface area contributed by atoms with E-state index in [4.69, 9.17) is 0 Å². The molecule has 0 fully saturated rings. The van der Waals surface area contributed by atoms with Crippen LogP contribution in [0.3, 0.4) is 0 Å². The molecule has 1 aromatic rings. The van der Waals surface area contributed by atoms with Gasteiger partial charge in [0.15, 0.2) is 0 Å². The minimum atomic E-state index is -0.787. The standard InChI is InChI=1S/C16H22OS/c1-5-16(4,17)12-11-15(13(2)3)18-14-9-7-6-8-10-14/h5-10,15,17H,1-2,11-12H2,3-4H3. The van der Waals surface area contributed by atoms with Crippen LogP contribution in [0.4, 0.5) is 0 Å². The van der Waals surface area contributed by atoms with Crippen LogP contribution in [0.1, 0.15) is 26.7 Å². The van der Waals surface area contributed by atoms with Crippen LogP contribution < -0.4 is 0 Å². The second kappa shape index (κ2) is 6.81. The number of hydrogen-bond acceptors (Lipinski definition) is 2. The molecule has 0 heterocycles. The van der Waals surface area contributed by atoms with E-state index in [0.29, 0.717) is 11.7 Å². The second-order valence-corrected chi connectivity index (χ2v) is 6.14. The van der Waals surface area contributed by atoms with Crippen molar-refractivity contribution in [1.82, 2.24) is 0 Å². The van der Waals surface area contributed by atoms with Crippen LogP contribution in [0.2, 0.25) is 0 Å². The van der Waals surface area contributed by atoms with E-state index < -0.39 is 5.60 Å². The lowest BCUT2D eigenvalue weighted by molar-refractivity contribution is 0.100. The zero-order chi connectivity index (χ0) is 13.6. The van der Waals surface area contributed by atoms with Crippen LogP contribution in [0, 0.1) is 0 Å². The Kier molecular flexibility index (Phi) is 5.70. The highest BCUT2D eigenvalue weighted by Crippen LogP contribution is 2.31. The Morgan fingerprint density at radius 3 is 2.56 bits per heavy atom. The van der Waals surface area contributed by atoms with E-state index in [1.165, 1.54) is 4.90 Å². The maximum absolute atomic E-state index is 9.96. The summed E-state index contributed by atoms with van der Waals surface area (Å²) in [5, 5.41) is 10.3. The summed E-state index contributed by atoms with van der Waals surface area (Å²) in [6.07, 6.45) is 3.21. The fraction of sp³-hybridized carbons (Fsp3) is 0.375. The molecule has 0 amide bonds. The van der Waals surface area contributed by atoms with Crippen molar-refractivity contribution in [2.45, 2.75) is 42.4 Å². The van der Waals surface area contributed by atoms with Gasteiger partial charge in [0.1, 0.15) is 0 Å². The predicted molar refractivity (Wildman–Crippen MR) is 81.0 cm³/mol. The van der Waals surface area contributed by atoms with Gasteiger partial charge in [0.25, 0.3) is 0 Å². The molecule has 0 aromatic heterocycles. The molecule has 0 aliphatic heterocycles. The Bertz CT molecular complexity index is 395. The Morgan fingerprint density at radius 2 is 2.06 bits per heavy atom. The molecule has 1 nitrogen and oxygen atoms in total. The fourth-order valence-electron chi connectivity index (χ4n) is 1.59. The Hall–Kier alpha value is -0.990. The van der Waals surface area contributed by atoms with E-state index in [0.717, 1.165) is 12.0 Å². The zero-order valence-corrected chi connectivity index (χ0v) is 12.0. The molecule has 1 N–H and O–H groups in total. The lowest BCUT2D eigenvalue weighted by Gasteiger charge is -2.23. The van der Waals surface area contributed by atoms with Crippen molar-refractivity contribution >= 4 is 11.8 Å². The minimum absolute atomic E-state index is 0.332. The first-order chi connectivity index (χ1) is 8.44. The molecule has 98 valence electrons. The van der Waals surface area contributed by atoms with Crippen molar-refractivity contribution in [3.8, 4) is 0 Å². The van der Waals surface area contributed by atoms with E-state index in [1.54, 1.807) is 24.8 Å². The third-order valence-corrected chi connectivity index (χ3v) is 4.39.